The topological polar surface area (TPSA) is 86.9 Å². The van der Waals surface area contributed by atoms with E-state index in [1.165, 1.54) is 12.1 Å². The van der Waals surface area contributed by atoms with Gasteiger partial charge in [0.2, 0.25) is 5.91 Å². The van der Waals surface area contributed by atoms with Crippen molar-refractivity contribution in [2.75, 3.05) is 32.1 Å². The summed E-state index contributed by atoms with van der Waals surface area (Å²) in [7, 11) is 3.68. The Morgan fingerprint density at radius 2 is 2.00 bits per heavy atom. The van der Waals surface area contributed by atoms with Gasteiger partial charge in [-0.25, -0.2) is 9.37 Å². The number of benzene rings is 1. The summed E-state index contributed by atoms with van der Waals surface area (Å²) >= 11 is 0. The fourth-order valence-electron chi connectivity index (χ4n) is 3.73. The van der Waals surface area contributed by atoms with Crippen LogP contribution in [0.15, 0.2) is 47.6 Å². The van der Waals surface area contributed by atoms with Gasteiger partial charge in [-0.2, -0.15) is 0 Å². The number of rotatable bonds is 6. The monoisotopic (exact) mass is 412 g/mol. The predicted molar refractivity (Wildman–Crippen MR) is 116 cm³/mol. The second-order valence-corrected chi connectivity index (χ2v) is 7.53. The van der Waals surface area contributed by atoms with E-state index in [0.29, 0.717) is 13.1 Å². The molecule has 0 bridgehead atoms. The van der Waals surface area contributed by atoms with E-state index in [4.69, 9.17) is 5.73 Å². The smallest absolute Gasteiger partial charge is 0.220 e. The van der Waals surface area contributed by atoms with Crippen molar-refractivity contribution in [3.63, 3.8) is 0 Å². The molecule has 30 heavy (non-hydrogen) atoms. The molecule has 2 heterocycles. The second-order valence-electron chi connectivity index (χ2n) is 7.53. The lowest BCUT2D eigenvalue weighted by molar-refractivity contribution is -0.122. The van der Waals surface area contributed by atoms with Crippen molar-refractivity contribution >= 4 is 17.7 Å². The number of nitrogens with zero attached hydrogens (tertiary/aromatic N) is 4. The summed E-state index contributed by atoms with van der Waals surface area (Å²) in [4.78, 5) is 24.6. The van der Waals surface area contributed by atoms with Crippen molar-refractivity contribution in [2.45, 2.75) is 25.9 Å². The first-order valence-corrected chi connectivity index (χ1v) is 10.1. The molecule has 8 heteroatoms. The third-order valence-electron chi connectivity index (χ3n) is 5.41. The Balaban J connectivity index is 1.62. The van der Waals surface area contributed by atoms with Crippen LogP contribution in [0.2, 0.25) is 0 Å². The van der Waals surface area contributed by atoms with Gasteiger partial charge < -0.3 is 20.9 Å². The fraction of sp³-hybridized carbons (Fsp3) is 0.409. The van der Waals surface area contributed by atoms with Crippen molar-refractivity contribution in [3.05, 3.63) is 59.5 Å². The molecule has 0 saturated carbocycles. The number of aromatic nitrogens is 1. The maximum atomic E-state index is 13.1. The quantitative estimate of drug-likeness (QED) is 0.561. The van der Waals surface area contributed by atoms with Gasteiger partial charge in [0, 0.05) is 58.0 Å². The van der Waals surface area contributed by atoms with E-state index >= 15 is 0 Å². The zero-order chi connectivity index (χ0) is 21.5. The summed E-state index contributed by atoms with van der Waals surface area (Å²) in [5, 5.41) is 3.38. The predicted octanol–water partition coefficient (Wildman–Crippen LogP) is 2.13. The molecule has 1 saturated heterocycles. The lowest BCUT2D eigenvalue weighted by Crippen LogP contribution is -2.40. The molecule has 1 amide bonds. The highest BCUT2D eigenvalue weighted by Crippen LogP contribution is 2.24. The van der Waals surface area contributed by atoms with E-state index in [1.54, 1.807) is 25.4 Å². The number of hydrogen-bond acceptors (Lipinski definition) is 4. The van der Waals surface area contributed by atoms with E-state index in [9.17, 15) is 9.18 Å². The number of nitrogens with one attached hydrogen (secondary N) is 1. The van der Waals surface area contributed by atoms with Crippen LogP contribution >= 0.6 is 0 Å². The van der Waals surface area contributed by atoms with Gasteiger partial charge in [-0.05, 0) is 36.6 Å². The number of pyridine rings is 1. The van der Waals surface area contributed by atoms with Crippen LogP contribution in [0.5, 0.6) is 0 Å². The minimum absolute atomic E-state index is 0.0505. The molecule has 1 aliphatic rings. The number of anilines is 1. The average molecular weight is 413 g/mol. The summed E-state index contributed by atoms with van der Waals surface area (Å²) in [5.74, 6) is 1.15. The Morgan fingerprint density at radius 1 is 1.30 bits per heavy atom. The maximum absolute atomic E-state index is 13.1. The largest absolute Gasteiger partial charge is 0.369 e. The van der Waals surface area contributed by atoms with E-state index in [2.05, 4.69) is 20.2 Å². The molecule has 0 unspecified atom stereocenters. The molecule has 160 valence electrons. The molecule has 1 aromatic carbocycles. The van der Waals surface area contributed by atoms with Gasteiger partial charge in [0.05, 0.1) is 0 Å². The van der Waals surface area contributed by atoms with E-state index in [0.717, 1.165) is 48.8 Å². The highest BCUT2D eigenvalue weighted by Gasteiger charge is 2.25. The third-order valence-corrected chi connectivity index (χ3v) is 5.41. The molecule has 3 rings (SSSR count). The van der Waals surface area contributed by atoms with Crippen LogP contribution in [0, 0.1) is 11.7 Å². The van der Waals surface area contributed by atoms with Crippen LogP contribution in [0.4, 0.5) is 10.2 Å². The fourth-order valence-corrected chi connectivity index (χ4v) is 3.73. The Kier molecular flexibility index (Phi) is 7.21. The molecular weight excluding hydrogens is 383 g/mol. The normalized spacial score (nSPS) is 15.2. The SMILES string of the molecule is CN=C(NCc1cccnc1N1CCC(C(N)=O)CC1)N(C)Cc1ccc(F)cc1. The molecule has 3 N–H and O–H groups in total. The van der Waals surface area contributed by atoms with Gasteiger partial charge in [0.25, 0.3) is 0 Å². The Labute approximate surface area is 176 Å². The number of amides is 1. The van der Waals surface area contributed by atoms with Crippen molar-refractivity contribution < 1.29 is 9.18 Å². The molecule has 1 aromatic heterocycles. The van der Waals surface area contributed by atoms with Gasteiger partial charge in [-0.3, -0.25) is 9.79 Å². The highest BCUT2D eigenvalue weighted by atomic mass is 19.1. The molecule has 0 aliphatic carbocycles. The van der Waals surface area contributed by atoms with Crippen molar-refractivity contribution in [1.82, 2.24) is 15.2 Å². The first-order chi connectivity index (χ1) is 14.5. The second kappa shape index (κ2) is 10.0. The van der Waals surface area contributed by atoms with Gasteiger partial charge >= 0.3 is 0 Å². The molecule has 0 spiro atoms. The first-order valence-electron chi connectivity index (χ1n) is 10.1. The van der Waals surface area contributed by atoms with Crippen molar-refractivity contribution in [1.29, 1.82) is 0 Å². The van der Waals surface area contributed by atoms with Gasteiger partial charge in [-0.15, -0.1) is 0 Å². The van der Waals surface area contributed by atoms with Crippen LogP contribution in [0.3, 0.4) is 0 Å². The van der Waals surface area contributed by atoms with Gasteiger partial charge in [0.15, 0.2) is 5.96 Å². The summed E-state index contributed by atoms with van der Waals surface area (Å²) in [6.07, 6.45) is 3.29. The summed E-state index contributed by atoms with van der Waals surface area (Å²) < 4.78 is 13.1. The molecule has 0 radical (unpaired) electrons. The van der Waals surface area contributed by atoms with E-state index in [1.807, 2.05) is 24.1 Å². The molecule has 0 atom stereocenters. The zero-order valence-corrected chi connectivity index (χ0v) is 17.5. The summed E-state index contributed by atoms with van der Waals surface area (Å²) in [6.45, 7) is 2.70. The Bertz CT molecular complexity index is 877. The van der Waals surface area contributed by atoms with Crippen molar-refractivity contribution in [2.24, 2.45) is 16.6 Å². The van der Waals surface area contributed by atoms with Crippen LogP contribution in [0.1, 0.15) is 24.0 Å². The van der Waals surface area contributed by atoms with E-state index in [-0.39, 0.29) is 17.6 Å². The summed E-state index contributed by atoms with van der Waals surface area (Å²) in [6, 6.07) is 10.4. The molecule has 1 aliphatic heterocycles. The third kappa shape index (κ3) is 5.46. The first kappa shape index (κ1) is 21.5. The Hall–Kier alpha value is -3.16. The van der Waals surface area contributed by atoms with Crippen molar-refractivity contribution in [3.8, 4) is 0 Å². The molecule has 2 aromatic rings. The van der Waals surface area contributed by atoms with Gasteiger partial charge in [0.1, 0.15) is 11.6 Å². The zero-order valence-electron chi connectivity index (χ0n) is 17.5. The standard InChI is InChI=1S/C22H29FN6O/c1-25-22(28(2)15-16-5-7-19(23)8-6-16)27-14-18-4-3-11-26-21(18)29-12-9-17(10-13-29)20(24)30/h3-8,11,17H,9-10,12-15H2,1-2H3,(H2,24,30)(H,25,27). The number of carbonyl (C=O) groups excluding carboxylic acids is 1. The van der Waals surface area contributed by atoms with Crippen LogP contribution in [0.25, 0.3) is 0 Å². The number of piperidine rings is 1. The lowest BCUT2D eigenvalue weighted by Gasteiger charge is -2.32. The summed E-state index contributed by atoms with van der Waals surface area (Å²) in [5.41, 5.74) is 7.51. The highest BCUT2D eigenvalue weighted by molar-refractivity contribution is 5.79. The number of hydrogen-bond donors (Lipinski definition) is 2. The minimum Gasteiger partial charge on any atom is -0.369 e. The van der Waals surface area contributed by atoms with Crippen LogP contribution in [-0.2, 0) is 17.9 Å². The number of guanidine groups is 1. The molecule has 7 nitrogen and oxygen atoms in total. The number of halogens is 1. The number of nitrogens with two attached hydrogens (primary N) is 1. The Morgan fingerprint density at radius 3 is 2.63 bits per heavy atom. The maximum Gasteiger partial charge on any atom is 0.220 e. The average Bonchev–Trinajstić information content (AvgIpc) is 2.76. The van der Waals surface area contributed by atoms with E-state index < -0.39 is 0 Å². The molecule has 1 fully saturated rings. The van der Waals surface area contributed by atoms with Gasteiger partial charge in [-0.1, -0.05) is 18.2 Å². The van der Waals surface area contributed by atoms with Crippen LogP contribution < -0.4 is 16.0 Å². The minimum atomic E-state index is -0.243. The molecular formula is C22H29FN6O. The number of aliphatic imine (C=N–C) groups is 1. The number of primary amides is 1. The lowest BCUT2D eigenvalue weighted by atomic mass is 9.96. The number of carbonyl (C=O) groups is 1. The van der Waals surface area contributed by atoms with Crippen LogP contribution in [-0.4, -0.2) is 48.9 Å².